The van der Waals surface area contributed by atoms with Crippen LogP contribution in [-0.4, -0.2) is 25.0 Å². The Kier molecular flexibility index (Phi) is 6.59. The highest BCUT2D eigenvalue weighted by Gasteiger charge is 2.08. The Balaban J connectivity index is 1.75. The van der Waals surface area contributed by atoms with Gasteiger partial charge in [-0.15, -0.1) is 0 Å². The lowest BCUT2D eigenvalue weighted by atomic mass is 10.2. The first-order chi connectivity index (χ1) is 12.1. The van der Waals surface area contributed by atoms with Gasteiger partial charge in [-0.3, -0.25) is 20.4 Å². The van der Waals surface area contributed by atoms with E-state index >= 15 is 0 Å². The average molecular weight is 340 g/mol. The summed E-state index contributed by atoms with van der Waals surface area (Å²) in [5.74, 6) is 0.327. The van der Waals surface area contributed by atoms with E-state index in [1.807, 2.05) is 19.1 Å². The van der Waals surface area contributed by atoms with Gasteiger partial charge in [0, 0.05) is 5.56 Å². The van der Waals surface area contributed by atoms with Crippen LogP contribution >= 0.6 is 0 Å². The van der Waals surface area contributed by atoms with Crippen molar-refractivity contribution in [1.29, 1.82) is 0 Å². The second-order valence-corrected chi connectivity index (χ2v) is 5.23. The van der Waals surface area contributed by atoms with E-state index in [1.165, 1.54) is 0 Å². The number of aryl methyl sites for hydroxylation is 1. The third-order valence-corrected chi connectivity index (χ3v) is 3.19. The minimum atomic E-state index is -0.458. The fraction of sp³-hybridized carbons (Fsp3) is 0.158. The summed E-state index contributed by atoms with van der Waals surface area (Å²) in [4.78, 5) is 23.7. The first kappa shape index (κ1) is 18.1. The summed E-state index contributed by atoms with van der Waals surface area (Å²) in [6.45, 7) is 5.72. The molecule has 0 aliphatic heterocycles. The Bertz CT molecular complexity index is 724. The Morgan fingerprint density at radius 1 is 0.960 bits per heavy atom. The second kappa shape index (κ2) is 9.12. The number of hydrazine groups is 1. The van der Waals surface area contributed by atoms with E-state index in [0.717, 1.165) is 5.56 Å². The quantitative estimate of drug-likeness (QED) is 0.599. The Hall–Kier alpha value is -3.28. The van der Waals surface area contributed by atoms with E-state index < -0.39 is 11.8 Å². The van der Waals surface area contributed by atoms with Crippen molar-refractivity contribution in [3.8, 4) is 11.5 Å². The van der Waals surface area contributed by atoms with Gasteiger partial charge in [0.15, 0.2) is 6.61 Å². The summed E-state index contributed by atoms with van der Waals surface area (Å²) in [7, 11) is 0. The van der Waals surface area contributed by atoms with Gasteiger partial charge in [-0.1, -0.05) is 30.4 Å². The molecule has 0 saturated heterocycles. The highest BCUT2D eigenvalue weighted by Crippen LogP contribution is 2.12. The number of hydrogen-bond donors (Lipinski definition) is 2. The van der Waals surface area contributed by atoms with Gasteiger partial charge in [-0.05, 0) is 43.3 Å². The van der Waals surface area contributed by atoms with Gasteiger partial charge < -0.3 is 9.47 Å². The van der Waals surface area contributed by atoms with Crippen LogP contribution in [-0.2, 0) is 4.79 Å². The van der Waals surface area contributed by atoms with Gasteiger partial charge in [0.25, 0.3) is 11.8 Å². The molecule has 0 spiro atoms. The molecule has 6 nitrogen and oxygen atoms in total. The first-order valence-electron chi connectivity index (χ1n) is 7.71. The lowest BCUT2D eigenvalue weighted by molar-refractivity contribution is -0.123. The van der Waals surface area contributed by atoms with Crippen LogP contribution in [0.2, 0.25) is 0 Å². The van der Waals surface area contributed by atoms with Crippen LogP contribution in [0.4, 0.5) is 0 Å². The molecule has 0 bridgehead atoms. The third-order valence-electron chi connectivity index (χ3n) is 3.19. The van der Waals surface area contributed by atoms with E-state index in [-0.39, 0.29) is 6.61 Å². The Labute approximate surface area is 146 Å². The largest absolute Gasteiger partial charge is 0.490 e. The number of carbonyl (C=O) groups is 2. The number of benzene rings is 2. The number of nitrogens with one attached hydrogen (secondary N) is 2. The molecular weight excluding hydrogens is 320 g/mol. The molecule has 0 radical (unpaired) electrons. The molecule has 0 saturated carbocycles. The zero-order valence-electron chi connectivity index (χ0n) is 14.0. The Morgan fingerprint density at radius 3 is 2.20 bits per heavy atom. The molecule has 0 aliphatic rings. The molecule has 2 amide bonds. The van der Waals surface area contributed by atoms with E-state index in [9.17, 15) is 9.59 Å². The predicted molar refractivity (Wildman–Crippen MR) is 94.4 cm³/mol. The standard InChI is InChI=1S/C19H20N2O4/c1-3-12-24-16-10-6-15(7-11-16)19(23)21-20-18(22)13-25-17-8-4-14(2)5-9-17/h3-11H,1,12-13H2,2H3,(H,20,22)(H,21,23). The molecule has 0 heterocycles. The van der Waals surface area contributed by atoms with Crippen LogP contribution in [0.5, 0.6) is 11.5 Å². The summed E-state index contributed by atoms with van der Waals surface area (Å²) in [5.41, 5.74) is 6.13. The van der Waals surface area contributed by atoms with E-state index in [4.69, 9.17) is 9.47 Å². The normalized spacial score (nSPS) is 9.80. The molecule has 0 aromatic heterocycles. The molecule has 0 fully saturated rings. The number of ether oxygens (including phenoxy) is 2. The van der Waals surface area contributed by atoms with Crippen molar-refractivity contribution in [3.05, 3.63) is 72.3 Å². The molecule has 2 N–H and O–H groups in total. The molecule has 2 aromatic rings. The van der Waals surface area contributed by atoms with Crippen molar-refractivity contribution in [2.24, 2.45) is 0 Å². The minimum Gasteiger partial charge on any atom is -0.490 e. The Morgan fingerprint density at radius 2 is 1.56 bits per heavy atom. The number of amides is 2. The van der Waals surface area contributed by atoms with Crippen molar-refractivity contribution in [1.82, 2.24) is 10.9 Å². The summed E-state index contributed by atoms with van der Waals surface area (Å²) in [6, 6.07) is 13.9. The topological polar surface area (TPSA) is 76.7 Å². The average Bonchev–Trinajstić information content (AvgIpc) is 2.64. The smallest absolute Gasteiger partial charge is 0.276 e. The summed E-state index contributed by atoms with van der Waals surface area (Å²) in [5, 5.41) is 0. The zero-order chi connectivity index (χ0) is 18.1. The summed E-state index contributed by atoms with van der Waals surface area (Å²) < 4.78 is 10.7. The second-order valence-electron chi connectivity index (χ2n) is 5.23. The summed E-state index contributed by atoms with van der Waals surface area (Å²) >= 11 is 0. The maximum Gasteiger partial charge on any atom is 0.276 e. The van der Waals surface area contributed by atoms with Gasteiger partial charge in [0.05, 0.1) is 0 Å². The van der Waals surface area contributed by atoms with Gasteiger partial charge in [-0.25, -0.2) is 0 Å². The van der Waals surface area contributed by atoms with Gasteiger partial charge >= 0.3 is 0 Å². The number of hydrogen-bond acceptors (Lipinski definition) is 4. The van der Waals surface area contributed by atoms with Crippen molar-refractivity contribution in [2.45, 2.75) is 6.92 Å². The van der Waals surface area contributed by atoms with Crippen LogP contribution in [0.3, 0.4) is 0 Å². The number of carbonyl (C=O) groups excluding carboxylic acids is 2. The van der Waals surface area contributed by atoms with Crippen molar-refractivity contribution < 1.29 is 19.1 Å². The molecule has 0 unspecified atom stereocenters. The lowest BCUT2D eigenvalue weighted by Gasteiger charge is -2.09. The maximum absolute atomic E-state index is 12.0. The molecule has 2 aromatic carbocycles. The first-order valence-corrected chi connectivity index (χ1v) is 7.71. The molecule has 6 heteroatoms. The summed E-state index contributed by atoms with van der Waals surface area (Å²) in [6.07, 6.45) is 1.63. The third kappa shape index (κ3) is 6.02. The maximum atomic E-state index is 12.0. The van der Waals surface area contributed by atoms with Crippen LogP contribution < -0.4 is 20.3 Å². The van der Waals surface area contributed by atoms with Crippen molar-refractivity contribution in [3.63, 3.8) is 0 Å². The van der Waals surface area contributed by atoms with Gasteiger partial charge in [-0.2, -0.15) is 0 Å². The number of rotatable bonds is 7. The van der Waals surface area contributed by atoms with E-state index in [1.54, 1.807) is 42.5 Å². The van der Waals surface area contributed by atoms with Crippen LogP contribution in [0.25, 0.3) is 0 Å². The molecule has 2 rings (SSSR count). The predicted octanol–water partition coefficient (Wildman–Crippen LogP) is 2.40. The van der Waals surface area contributed by atoms with Crippen LogP contribution in [0, 0.1) is 6.92 Å². The zero-order valence-corrected chi connectivity index (χ0v) is 14.0. The minimum absolute atomic E-state index is 0.197. The molecular formula is C19H20N2O4. The van der Waals surface area contributed by atoms with Gasteiger partial charge in [0.2, 0.25) is 0 Å². The van der Waals surface area contributed by atoms with Crippen molar-refractivity contribution in [2.75, 3.05) is 13.2 Å². The van der Waals surface area contributed by atoms with Crippen molar-refractivity contribution >= 4 is 11.8 Å². The highest BCUT2D eigenvalue weighted by atomic mass is 16.5. The highest BCUT2D eigenvalue weighted by molar-refractivity contribution is 5.95. The van der Waals surface area contributed by atoms with E-state index in [2.05, 4.69) is 17.4 Å². The molecule has 0 atom stereocenters. The fourth-order valence-corrected chi connectivity index (χ4v) is 1.88. The molecule has 130 valence electrons. The van der Waals surface area contributed by atoms with Crippen LogP contribution in [0.1, 0.15) is 15.9 Å². The fourth-order valence-electron chi connectivity index (χ4n) is 1.88. The van der Waals surface area contributed by atoms with Gasteiger partial charge in [0.1, 0.15) is 18.1 Å². The monoisotopic (exact) mass is 340 g/mol. The molecule has 0 aliphatic carbocycles. The lowest BCUT2D eigenvalue weighted by Crippen LogP contribution is -2.43. The van der Waals surface area contributed by atoms with E-state index in [0.29, 0.717) is 23.7 Å². The molecule has 25 heavy (non-hydrogen) atoms. The van der Waals surface area contributed by atoms with Crippen LogP contribution in [0.15, 0.2) is 61.2 Å². The SMILES string of the molecule is C=CCOc1ccc(C(=O)NNC(=O)COc2ccc(C)cc2)cc1.